The zero-order valence-corrected chi connectivity index (χ0v) is 30.6. The largest absolute Gasteiger partial charge is 0.444 e. The van der Waals surface area contributed by atoms with E-state index in [9.17, 15) is 29.1 Å². The van der Waals surface area contributed by atoms with E-state index in [0.717, 1.165) is 5.56 Å². The molecular formula is C36H59N5O8. The number of aliphatic hydroxyl groups excluding tert-OH is 1. The standard InChI is InChI=1S/C36H59N5O8/c1-21(2)17-27(28(42)18-23(5)31(43)38-24(6)32(44)37-19-25-13-11-10-12-14-25)39-34(46)30(26-15-16-48-20-26)40-33(45)29(22(3)4)41-35(47)49-36(7,8)9/h10-14,21-24,26-30,42H,15-20H2,1-9H3,(H,37,44)(H,38,43)(H,39,46)(H,40,45)(H,41,47)/t23-,24+,26+,27+,28+,29?,30+/m1/s1. The van der Waals surface area contributed by atoms with E-state index in [1.165, 1.54) is 0 Å². The first-order chi connectivity index (χ1) is 22.9. The summed E-state index contributed by atoms with van der Waals surface area (Å²) in [5.41, 5.74) is 0.175. The zero-order valence-electron chi connectivity index (χ0n) is 30.6. The molecule has 1 aromatic carbocycles. The van der Waals surface area contributed by atoms with Crippen molar-refractivity contribution < 1.29 is 38.6 Å². The van der Waals surface area contributed by atoms with Gasteiger partial charge in [0.05, 0.1) is 18.8 Å². The van der Waals surface area contributed by atoms with Crippen molar-refractivity contribution in [2.24, 2.45) is 23.7 Å². The third-order valence-electron chi connectivity index (χ3n) is 8.26. The van der Waals surface area contributed by atoms with Gasteiger partial charge in [0.25, 0.3) is 0 Å². The first-order valence-corrected chi connectivity index (χ1v) is 17.4. The van der Waals surface area contributed by atoms with Crippen LogP contribution in [0.3, 0.4) is 0 Å². The van der Waals surface area contributed by atoms with Crippen LogP contribution in [-0.4, -0.2) is 83.9 Å². The van der Waals surface area contributed by atoms with Crippen LogP contribution in [0, 0.1) is 23.7 Å². The van der Waals surface area contributed by atoms with Gasteiger partial charge in [0.15, 0.2) is 0 Å². The number of amides is 5. The fraction of sp³-hybridized carbons (Fsp3) is 0.694. The lowest BCUT2D eigenvalue weighted by atomic mass is 9.91. The molecule has 0 aliphatic carbocycles. The fourth-order valence-electron chi connectivity index (χ4n) is 5.51. The highest BCUT2D eigenvalue weighted by atomic mass is 16.6. The number of alkyl carbamates (subject to hydrolysis) is 1. The fourth-order valence-corrected chi connectivity index (χ4v) is 5.51. The molecule has 1 aliphatic heterocycles. The van der Waals surface area contributed by atoms with E-state index in [2.05, 4.69) is 26.6 Å². The van der Waals surface area contributed by atoms with Crippen molar-refractivity contribution in [2.45, 2.75) is 124 Å². The summed E-state index contributed by atoms with van der Waals surface area (Å²) in [7, 11) is 0. The Labute approximate surface area is 291 Å². The molecule has 0 spiro atoms. The third kappa shape index (κ3) is 14.7. The second-order valence-corrected chi connectivity index (χ2v) is 14.9. The van der Waals surface area contributed by atoms with Crippen LogP contribution in [0.2, 0.25) is 0 Å². The molecule has 0 saturated carbocycles. The number of aliphatic hydroxyl groups is 1. The summed E-state index contributed by atoms with van der Waals surface area (Å²) in [6.45, 7) is 16.9. The van der Waals surface area contributed by atoms with Crippen LogP contribution in [0.4, 0.5) is 4.79 Å². The van der Waals surface area contributed by atoms with Crippen LogP contribution in [-0.2, 0) is 35.2 Å². The number of carbonyl (C=O) groups excluding carboxylic acids is 5. The summed E-state index contributed by atoms with van der Waals surface area (Å²) in [5, 5.41) is 25.2. The Morgan fingerprint density at radius 1 is 0.857 bits per heavy atom. The van der Waals surface area contributed by atoms with Crippen LogP contribution in [0.25, 0.3) is 0 Å². The molecule has 276 valence electrons. The molecule has 13 heteroatoms. The van der Waals surface area contributed by atoms with Crippen molar-refractivity contribution in [3.63, 3.8) is 0 Å². The van der Waals surface area contributed by atoms with Crippen LogP contribution >= 0.6 is 0 Å². The van der Waals surface area contributed by atoms with Crippen molar-refractivity contribution in [3.05, 3.63) is 35.9 Å². The Morgan fingerprint density at radius 3 is 2.06 bits per heavy atom. The monoisotopic (exact) mass is 689 g/mol. The molecule has 0 aromatic heterocycles. The third-order valence-corrected chi connectivity index (χ3v) is 8.26. The molecule has 1 aliphatic rings. The topological polar surface area (TPSA) is 184 Å². The highest BCUT2D eigenvalue weighted by Crippen LogP contribution is 2.21. The number of hydrogen-bond donors (Lipinski definition) is 6. The van der Waals surface area contributed by atoms with E-state index >= 15 is 0 Å². The van der Waals surface area contributed by atoms with Gasteiger partial charge in [0, 0.05) is 25.0 Å². The number of carbonyl (C=O) groups is 5. The summed E-state index contributed by atoms with van der Waals surface area (Å²) in [6, 6.07) is 5.95. The molecule has 6 N–H and O–H groups in total. The zero-order chi connectivity index (χ0) is 36.9. The first kappa shape index (κ1) is 41.5. The quantitative estimate of drug-likeness (QED) is 0.144. The lowest BCUT2D eigenvalue weighted by molar-refractivity contribution is -0.133. The lowest BCUT2D eigenvalue weighted by Gasteiger charge is -2.32. The van der Waals surface area contributed by atoms with Crippen molar-refractivity contribution in [1.29, 1.82) is 0 Å². The smallest absolute Gasteiger partial charge is 0.408 e. The maximum Gasteiger partial charge on any atom is 0.408 e. The average molecular weight is 690 g/mol. The maximum absolute atomic E-state index is 13.8. The van der Waals surface area contributed by atoms with Crippen molar-refractivity contribution in [1.82, 2.24) is 26.6 Å². The first-order valence-electron chi connectivity index (χ1n) is 17.4. The van der Waals surface area contributed by atoms with Crippen LogP contribution in [0.1, 0.15) is 87.1 Å². The van der Waals surface area contributed by atoms with Gasteiger partial charge >= 0.3 is 6.09 Å². The van der Waals surface area contributed by atoms with Gasteiger partial charge < -0.3 is 41.2 Å². The van der Waals surface area contributed by atoms with E-state index in [-0.39, 0.29) is 36.7 Å². The number of benzene rings is 1. The summed E-state index contributed by atoms with van der Waals surface area (Å²) in [5.74, 6) is -2.98. The van der Waals surface area contributed by atoms with E-state index in [1.54, 1.807) is 48.5 Å². The molecule has 2 rings (SSSR count). The van der Waals surface area contributed by atoms with Gasteiger partial charge in [0.2, 0.25) is 23.6 Å². The molecule has 7 atom stereocenters. The highest BCUT2D eigenvalue weighted by molar-refractivity contribution is 5.92. The predicted octanol–water partition coefficient (Wildman–Crippen LogP) is 2.80. The molecule has 1 heterocycles. The van der Waals surface area contributed by atoms with E-state index < -0.39 is 65.6 Å². The molecule has 13 nitrogen and oxygen atoms in total. The summed E-state index contributed by atoms with van der Waals surface area (Å²) < 4.78 is 10.9. The molecule has 0 radical (unpaired) electrons. The number of hydrogen-bond acceptors (Lipinski definition) is 8. The van der Waals surface area contributed by atoms with Gasteiger partial charge in [-0.15, -0.1) is 0 Å². The Hall–Kier alpha value is -3.71. The molecule has 1 saturated heterocycles. The van der Waals surface area contributed by atoms with Crippen LogP contribution in [0.15, 0.2) is 30.3 Å². The highest BCUT2D eigenvalue weighted by Gasteiger charge is 2.38. The average Bonchev–Trinajstić information content (AvgIpc) is 3.54. The van der Waals surface area contributed by atoms with E-state index in [0.29, 0.717) is 26.0 Å². The molecule has 1 aromatic rings. The van der Waals surface area contributed by atoms with Crippen molar-refractivity contribution in [2.75, 3.05) is 13.2 Å². The molecule has 1 fully saturated rings. The molecule has 0 bridgehead atoms. The molecular weight excluding hydrogens is 630 g/mol. The van der Waals surface area contributed by atoms with Gasteiger partial charge in [-0.25, -0.2) is 4.79 Å². The Bertz CT molecular complexity index is 1230. The van der Waals surface area contributed by atoms with E-state index in [1.807, 2.05) is 44.2 Å². The summed E-state index contributed by atoms with van der Waals surface area (Å²) in [4.78, 5) is 65.5. The summed E-state index contributed by atoms with van der Waals surface area (Å²) >= 11 is 0. The number of rotatable bonds is 17. The second kappa shape index (κ2) is 19.5. The lowest BCUT2D eigenvalue weighted by Crippen LogP contribution is -2.59. The SMILES string of the molecule is CC(C)C[C@H](NC(=O)[C@@H](NC(=O)C(NC(=O)OC(C)(C)C)C(C)C)[C@H]1CCOC1)[C@@H](O)C[C@@H](C)C(=O)N[C@@H](C)C(=O)NCc1ccccc1. The minimum Gasteiger partial charge on any atom is -0.444 e. The van der Waals surface area contributed by atoms with Crippen LogP contribution in [0.5, 0.6) is 0 Å². The molecule has 1 unspecified atom stereocenters. The Balaban J connectivity index is 2.08. The molecule has 49 heavy (non-hydrogen) atoms. The van der Waals surface area contributed by atoms with Crippen molar-refractivity contribution >= 4 is 29.7 Å². The van der Waals surface area contributed by atoms with Gasteiger partial charge in [-0.2, -0.15) is 0 Å². The van der Waals surface area contributed by atoms with Crippen LogP contribution < -0.4 is 26.6 Å². The van der Waals surface area contributed by atoms with E-state index in [4.69, 9.17) is 9.47 Å². The predicted molar refractivity (Wildman–Crippen MR) is 186 cm³/mol. The second-order valence-electron chi connectivity index (χ2n) is 14.9. The van der Waals surface area contributed by atoms with Crippen molar-refractivity contribution in [3.8, 4) is 0 Å². The van der Waals surface area contributed by atoms with Gasteiger partial charge in [-0.1, -0.05) is 65.0 Å². The maximum atomic E-state index is 13.8. The summed E-state index contributed by atoms with van der Waals surface area (Å²) in [6.07, 6.45) is -0.859. The van der Waals surface area contributed by atoms with Gasteiger partial charge in [0.1, 0.15) is 23.7 Å². The Morgan fingerprint density at radius 2 is 1.51 bits per heavy atom. The van der Waals surface area contributed by atoms with Gasteiger partial charge in [-0.3, -0.25) is 19.2 Å². The Kier molecular flexibility index (Phi) is 16.5. The normalized spacial score (nSPS) is 18.4. The minimum atomic E-state index is -1.09. The minimum absolute atomic E-state index is 0.0284. The molecule has 5 amide bonds. The van der Waals surface area contributed by atoms with Gasteiger partial charge in [-0.05, 0) is 64.4 Å². The number of nitrogens with one attached hydrogen (secondary N) is 5. The number of ether oxygens (including phenoxy) is 2.